The first-order valence-electron chi connectivity index (χ1n) is 3.90. The number of rotatable bonds is 3. The number of aliphatic hydroxyl groups is 1. The number of carboxylic acids is 1. The second-order valence-corrected chi connectivity index (χ2v) is 2.94. The Morgan fingerprint density at radius 2 is 2.07 bits per heavy atom. The van der Waals surface area contributed by atoms with Gasteiger partial charge in [-0.3, -0.25) is 14.4 Å². The van der Waals surface area contributed by atoms with Gasteiger partial charge in [0.1, 0.15) is 11.3 Å². The van der Waals surface area contributed by atoms with Crippen molar-refractivity contribution in [3.05, 3.63) is 11.3 Å². The fourth-order valence-corrected chi connectivity index (χ4v) is 1.25. The first-order chi connectivity index (χ1) is 6.43. The lowest BCUT2D eigenvalue weighted by Crippen LogP contribution is -2.31. The van der Waals surface area contributed by atoms with Crippen molar-refractivity contribution in [2.75, 3.05) is 0 Å². The summed E-state index contributed by atoms with van der Waals surface area (Å²) in [6.07, 6.45) is -0.436. The van der Waals surface area contributed by atoms with Crippen molar-refractivity contribution < 1.29 is 24.6 Å². The molecule has 6 nitrogen and oxygen atoms in total. The molecule has 0 radical (unpaired) electrons. The molecule has 1 rings (SSSR count). The van der Waals surface area contributed by atoms with Crippen LogP contribution >= 0.6 is 0 Å². The summed E-state index contributed by atoms with van der Waals surface area (Å²) in [6.45, 7) is 1.13. The van der Waals surface area contributed by atoms with Crippen molar-refractivity contribution in [1.82, 2.24) is 5.32 Å². The van der Waals surface area contributed by atoms with Crippen LogP contribution in [0.3, 0.4) is 0 Å². The standard InChI is InChI=1S/C8H9NO5/c1-3(10)6-7(13)4(2-5(11)12)9-8(6)14/h4,13H,2H2,1H3,(H,9,14)(H,11,12). The first-order valence-corrected chi connectivity index (χ1v) is 3.90. The number of aliphatic carboxylic acids is 1. The molecule has 0 aromatic rings. The Morgan fingerprint density at radius 1 is 1.50 bits per heavy atom. The lowest BCUT2D eigenvalue weighted by atomic mass is 10.1. The van der Waals surface area contributed by atoms with Gasteiger partial charge in [-0.15, -0.1) is 0 Å². The molecule has 0 saturated heterocycles. The number of carbonyl (C=O) groups is 3. The molecular formula is C8H9NO5. The summed E-state index contributed by atoms with van der Waals surface area (Å²) in [7, 11) is 0. The Hall–Kier alpha value is -1.85. The minimum absolute atomic E-state index is 0.351. The van der Waals surface area contributed by atoms with Gasteiger partial charge in [0.25, 0.3) is 5.91 Å². The number of Topliss-reactive ketones (excluding diaryl/α,β-unsaturated/α-hetero) is 1. The van der Waals surface area contributed by atoms with E-state index in [1.165, 1.54) is 0 Å². The first kappa shape index (κ1) is 10.2. The topological polar surface area (TPSA) is 104 Å². The SMILES string of the molecule is CC(=O)C1=C(O)C(CC(=O)O)NC1=O. The summed E-state index contributed by atoms with van der Waals surface area (Å²) in [5, 5.41) is 20.0. The Labute approximate surface area is 79.2 Å². The van der Waals surface area contributed by atoms with Gasteiger partial charge >= 0.3 is 5.97 Å². The van der Waals surface area contributed by atoms with E-state index in [-0.39, 0.29) is 5.57 Å². The van der Waals surface area contributed by atoms with E-state index >= 15 is 0 Å². The third kappa shape index (κ3) is 1.73. The van der Waals surface area contributed by atoms with Crippen molar-refractivity contribution in [2.45, 2.75) is 19.4 Å². The van der Waals surface area contributed by atoms with Gasteiger partial charge in [0.2, 0.25) is 0 Å². The van der Waals surface area contributed by atoms with Gasteiger partial charge in [0, 0.05) is 0 Å². The van der Waals surface area contributed by atoms with Crippen molar-refractivity contribution >= 4 is 17.7 Å². The molecule has 1 aliphatic heterocycles. The number of ketones is 1. The maximum Gasteiger partial charge on any atom is 0.305 e. The minimum atomic E-state index is -1.16. The van der Waals surface area contributed by atoms with Crippen LogP contribution in [0.15, 0.2) is 11.3 Å². The molecule has 0 saturated carbocycles. The van der Waals surface area contributed by atoms with Crippen LogP contribution in [0.5, 0.6) is 0 Å². The van der Waals surface area contributed by atoms with Crippen molar-refractivity contribution in [3.63, 3.8) is 0 Å². The highest BCUT2D eigenvalue weighted by Crippen LogP contribution is 2.17. The fraction of sp³-hybridized carbons (Fsp3) is 0.375. The molecule has 6 heteroatoms. The van der Waals surface area contributed by atoms with Crippen LogP contribution in [-0.4, -0.2) is 33.9 Å². The molecule has 0 aliphatic carbocycles. The number of carboxylic acid groups (broad SMARTS) is 1. The second-order valence-electron chi connectivity index (χ2n) is 2.94. The molecule has 3 N–H and O–H groups in total. The van der Waals surface area contributed by atoms with Gasteiger partial charge in [-0.25, -0.2) is 0 Å². The van der Waals surface area contributed by atoms with Crippen LogP contribution in [-0.2, 0) is 14.4 Å². The van der Waals surface area contributed by atoms with Crippen LogP contribution in [0.1, 0.15) is 13.3 Å². The minimum Gasteiger partial charge on any atom is -0.509 e. The van der Waals surface area contributed by atoms with Gasteiger partial charge < -0.3 is 15.5 Å². The lowest BCUT2D eigenvalue weighted by molar-refractivity contribution is -0.137. The van der Waals surface area contributed by atoms with Crippen molar-refractivity contribution in [3.8, 4) is 0 Å². The van der Waals surface area contributed by atoms with E-state index in [1.54, 1.807) is 0 Å². The van der Waals surface area contributed by atoms with Crippen LogP contribution in [0.25, 0.3) is 0 Å². The number of carbonyl (C=O) groups excluding carboxylic acids is 2. The van der Waals surface area contributed by atoms with E-state index in [9.17, 15) is 19.5 Å². The summed E-state index contributed by atoms with van der Waals surface area (Å²) in [4.78, 5) is 32.3. The van der Waals surface area contributed by atoms with Crippen LogP contribution < -0.4 is 5.32 Å². The summed E-state index contributed by atoms with van der Waals surface area (Å²) in [6, 6.07) is -0.987. The monoisotopic (exact) mass is 199 g/mol. The quantitative estimate of drug-likeness (QED) is 0.524. The number of hydrogen-bond donors (Lipinski definition) is 3. The number of hydrogen-bond acceptors (Lipinski definition) is 4. The Morgan fingerprint density at radius 3 is 2.43 bits per heavy atom. The van der Waals surface area contributed by atoms with Gasteiger partial charge in [0.05, 0.1) is 12.5 Å². The number of amides is 1. The molecule has 1 aliphatic rings. The largest absolute Gasteiger partial charge is 0.509 e. The summed E-state index contributed by atoms with van der Waals surface area (Å²) in [5.41, 5.74) is -0.351. The molecule has 0 fully saturated rings. The third-order valence-corrected chi connectivity index (χ3v) is 1.85. The van der Waals surface area contributed by atoms with Gasteiger partial charge in [0.15, 0.2) is 5.78 Å². The zero-order valence-corrected chi connectivity index (χ0v) is 7.40. The van der Waals surface area contributed by atoms with Crippen LogP contribution in [0.2, 0.25) is 0 Å². The van der Waals surface area contributed by atoms with E-state index in [0.717, 1.165) is 6.92 Å². The summed E-state index contributed by atoms with van der Waals surface area (Å²) in [5.74, 6) is -2.94. The van der Waals surface area contributed by atoms with E-state index in [1.807, 2.05) is 0 Å². The van der Waals surface area contributed by atoms with E-state index in [4.69, 9.17) is 5.11 Å². The maximum atomic E-state index is 11.1. The molecule has 1 unspecified atom stereocenters. The fourth-order valence-electron chi connectivity index (χ4n) is 1.25. The van der Waals surface area contributed by atoms with Crippen molar-refractivity contribution in [2.24, 2.45) is 0 Å². The average molecular weight is 199 g/mol. The Balaban J connectivity index is 2.93. The molecule has 76 valence electrons. The summed E-state index contributed by atoms with van der Waals surface area (Å²) >= 11 is 0. The normalized spacial score (nSPS) is 20.9. The molecule has 1 amide bonds. The summed E-state index contributed by atoms with van der Waals surface area (Å²) < 4.78 is 0. The molecule has 1 heterocycles. The van der Waals surface area contributed by atoms with Crippen LogP contribution in [0, 0.1) is 0 Å². The molecule has 1 atom stereocenters. The highest BCUT2D eigenvalue weighted by Gasteiger charge is 2.35. The maximum absolute atomic E-state index is 11.1. The molecular weight excluding hydrogens is 190 g/mol. The lowest BCUT2D eigenvalue weighted by Gasteiger charge is -2.06. The average Bonchev–Trinajstić information content (AvgIpc) is 2.25. The Bertz CT molecular complexity index is 344. The second kappa shape index (κ2) is 3.49. The van der Waals surface area contributed by atoms with E-state index in [2.05, 4.69) is 5.32 Å². The van der Waals surface area contributed by atoms with E-state index in [0.29, 0.717) is 0 Å². The van der Waals surface area contributed by atoms with E-state index < -0.39 is 35.9 Å². The van der Waals surface area contributed by atoms with Crippen LogP contribution in [0.4, 0.5) is 0 Å². The van der Waals surface area contributed by atoms with Gasteiger partial charge in [-0.1, -0.05) is 0 Å². The molecule has 0 aromatic heterocycles. The molecule has 14 heavy (non-hydrogen) atoms. The predicted octanol–water partition coefficient (Wildman–Crippen LogP) is -0.639. The number of nitrogens with one attached hydrogen (secondary N) is 1. The molecule has 0 aromatic carbocycles. The van der Waals surface area contributed by atoms with Crippen molar-refractivity contribution in [1.29, 1.82) is 0 Å². The number of aliphatic hydroxyl groups excluding tert-OH is 1. The van der Waals surface area contributed by atoms with Gasteiger partial charge in [-0.05, 0) is 6.92 Å². The third-order valence-electron chi connectivity index (χ3n) is 1.85. The zero-order chi connectivity index (χ0) is 10.9. The highest BCUT2D eigenvalue weighted by atomic mass is 16.4. The Kier molecular flexibility index (Phi) is 2.55. The zero-order valence-electron chi connectivity index (χ0n) is 7.40. The highest BCUT2D eigenvalue weighted by molar-refractivity contribution is 6.20. The molecule has 0 bridgehead atoms. The predicted molar refractivity (Wildman–Crippen MR) is 44.5 cm³/mol. The van der Waals surface area contributed by atoms with Gasteiger partial charge in [-0.2, -0.15) is 0 Å². The molecule has 0 spiro atoms. The smallest absolute Gasteiger partial charge is 0.305 e.